The van der Waals surface area contributed by atoms with Crippen LogP contribution in [0.3, 0.4) is 0 Å². The van der Waals surface area contributed by atoms with Gasteiger partial charge in [0.25, 0.3) is 5.91 Å². The van der Waals surface area contributed by atoms with Crippen LogP contribution in [0.5, 0.6) is 11.5 Å². The van der Waals surface area contributed by atoms with E-state index in [1.807, 2.05) is 66.9 Å². The summed E-state index contributed by atoms with van der Waals surface area (Å²) in [7, 11) is 0. The normalized spacial score (nSPS) is 16.3. The van der Waals surface area contributed by atoms with Crippen LogP contribution < -0.4 is 15.8 Å². The summed E-state index contributed by atoms with van der Waals surface area (Å²) in [4.78, 5) is 20.6. The van der Waals surface area contributed by atoms with Gasteiger partial charge in [-0.05, 0) is 61.9 Å². The number of H-pyrrole nitrogens is 1. The molecule has 0 radical (unpaired) electrons. The number of ether oxygens (including phenoxy) is 1. The highest BCUT2D eigenvalue weighted by Gasteiger charge is 2.25. The molecule has 4 aromatic rings. The number of para-hydroxylation sites is 1. The van der Waals surface area contributed by atoms with Gasteiger partial charge in [-0.1, -0.05) is 18.2 Å². The molecule has 0 bridgehead atoms. The maximum Gasteiger partial charge on any atom is 0.253 e. The molecule has 1 fully saturated rings. The van der Waals surface area contributed by atoms with E-state index < -0.39 is 5.91 Å². The Hall–Kier alpha value is -3.64. The van der Waals surface area contributed by atoms with Crippen molar-refractivity contribution in [3.05, 3.63) is 78.1 Å². The third-order valence-electron chi connectivity index (χ3n) is 5.78. The Morgan fingerprint density at radius 1 is 1.03 bits per heavy atom. The van der Waals surface area contributed by atoms with Crippen LogP contribution in [0.25, 0.3) is 22.2 Å². The minimum Gasteiger partial charge on any atom is -0.457 e. The van der Waals surface area contributed by atoms with Crippen LogP contribution in [0.2, 0.25) is 0 Å². The van der Waals surface area contributed by atoms with Gasteiger partial charge in [0.15, 0.2) is 0 Å². The lowest BCUT2D eigenvalue weighted by Crippen LogP contribution is -2.29. The van der Waals surface area contributed by atoms with Crippen molar-refractivity contribution >= 4 is 16.8 Å². The number of amides is 1. The van der Waals surface area contributed by atoms with E-state index in [1.54, 1.807) is 0 Å². The molecule has 1 atom stereocenters. The lowest BCUT2D eigenvalue weighted by atomic mass is 9.91. The molecule has 1 unspecified atom stereocenters. The van der Waals surface area contributed by atoms with Crippen LogP contribution >= 0.6 is 0 Å². The molecule has 31 heavy (non-hydrogen) atoms. The Morgan fingerprint density at radius 3 is 2.52 bits per heavy atom. The number of hydrogen-bond acceptors (Lipinski definition) is 4. The van der Waals surface area contributed by atoms with Gasteiger partial charge in [-0.3, -0.25) is 9.78 Å². The van der Waals surface area contributed by atoms with Crippen molar-refractivity contribution in [3.8, 4) is 22.8 Å². The number of nitrogens with zero attached hydrogens (tertiary/aromatic N) is 1. The summed E-state index contributed by atoms with van der Waals surface area (Å²) in [5.41, 5.74) is 9.42. The van der Waals surface area contributed by atoms with Crippen molar-refractivity contribution in [1.82, 2.24) is 15.3 Å². The van der Waals surface area contributed by atoms with Crippen LogP contribution in [0.1, 0.15) is 34.8 Å². The lowest BCUT2D eigenvalue weighted by molar-refractivity contribution is 0.100. The van der Waals surface area contributed by atoms with Crippen LogP contribution in [0, 0.1) is 0 Å². The van der Waals surface area contributed by atoms with Crippen LogP contribution in [-0.2, 0) is 0 Å². The van der Waals surface area contributed by atoms with Gasteiger partial charge < -0.3 is 20.8 Å². The number of carbonyl (C=O) groups excluding carboxylic acids is 1. The van der Waals surface area contributed by atoms with Crippen molar-refractivity contribution in [1.29, 1.82) is 0 Å². The molecule has 2 aromatic heterocycles. The fourth-order valence-corrected chi connectivity index (χ4v) is 4.30. The number of aromatic amines is 1. The van der Waals surface area contributed by atoms with Crippen molar-refractivity contribution in [2.24, 2.45) is 5.73 Å². The van der Waals surface area contributed by atoms with Crippen LogP contribution in [0.4, 0.5) is 0 Å². The van der Waals surface area contributed by atoms with Gasteiger partial charge in [-0.2, -0.15) is 0 Å². The quantitative estimate of drug-likeness (QED) is 0.447. The van der Waals surface area contributed by atoms with Crippen molar-refractivity contribution < 1.29 is 9.53 Å². The molecule has 3 heterocycles. The number of pyridine rings is 1. The Kier molecular flexibility index (Phi) is 5.14. The molecule has 2 aromatic carbocycles. The second-order valence-electron chi connectivity index (χ2n) is 7.83. The number of fused-ring (bicyclic) bond motifs is 1. The van der Waals surface area contributed by atoms with E-state index in [0.717, 1.165) is 53.8 Å². The number of aromatic nitrogens is 2. The van der Waals surface area contributed by atoms with Gasteiger partial charge in [0.2, 0.25) is 0 Å². The first-order valence-corrected chi connectivity index (χ1v) is 10.6. The average molecular weight is 412 g/mol. The number of carbonyl (C=O) groups is 1. The molecule has 0 aliphatic carbocycles. The summed E-state index contributed by atoms with van der Waals surface area (Å²) in [5.74, 6) is 1.29. The predicted octanol–water partition coefficient (Wildman–Crippen LogP) is 4.59. The topological polar surface area (TPSA) is 93.0 Å². The van der Waals surface area contributed by atoms with Crippen molar-refractivity contribution in [2.45, 2.75) is 18.8 Å². The van der Waals surface area contributed by atoms with E-state index >= 15 is 0 Å². The molecule has 1 aliphatic rings. The number of nitrogens with two attached hydrogens (primary N) is 1. The highest BCUT2D eigenvalue weighted by molar-refractivity contribution is 6.10. The molecular weight excluding hydrogens is 388 g/mol. The van der Waals surface area contributed by atoms with Crippen LogP contribution in [-0.4, -0.2) is 29.0 Å². The Balaban J connectivity index is 1.58. The molecule has 156 valence electrons. The first kappa shape index (κ1) is 19.3. The van der Waals surface area contributed by atoms with Crippen LogP contribution in [0.15, 0.2) is 66.9 Å². The zero-order valence-electron chi connectivity index (χ0n) is 17.1. The van der Waals surface area contributed by atoms with Crippen molar-refractivity contribution in [2.75, 3.05) is 13.1 Å². The first-order valence-electron chi connectivity index (χ1n) is 10.6. The summed E-state index contributed by atoms with van der Waals surface area (Å²) in [6.07, 6.45) is 4.02. The zero-order chi connectivity index (χ0) is 21.2. The first-order chi connectivity index (χ1) is 15.2. The third-order valence-corrected chi connectivity index (χ3v) is 5.78. The van der Waals surface area contributed by atoms with Gasteiger partial charge in [-0.25, -0.2) is 0 Å². The van der Waals surface area contributed by atoms with E-state index in [2.05, 4.69) is 10.3 Å². The molecule has 5 rings (SSSR count). The predicted molar refractivity (Wildman–Crippen MR) is 121 cm³/mol. The van der Waals surface area contributed by atoms with Crippen molar-refractivity contribution in [3.63, 3.8) is 0 Å². The monoisotopic (exact) mass is 412 g/mol. The van der Waals surface area contributed by atoms with E-state index in [9.17, 15) is 4.79 Å². The Labute approximate surface area is 180 Å². The fourth-order valence-electron chi connectivity index (χ4n) is 4.30. The second-order valence-corrected chi connectivity index (χ2v) is 7.83. The third kappa shape index (κ3) is 3.78. The van der Waals surface area contributed by atoms with E-state index in [1.165, 1.54) is 0 Å². The standard InChI is InChI=1S/C25H24N4O2/c26-25(30)21-23(16-8-10-19(11-9-16)31-18-6-2-1-3-7-18)29-22(17-5-4-13-27-15-17)20-12-14-28-24(20)21/h1-3,6-12,14,17,27-28H,4-5,13,15H2,(H2,26,30). The Bertz CT molecular complexity index is 1210. The highest BCUT2D eigenvalue weighted by atomic mass is 16.5. The fraction of sp³-hybridized carbons (Fsp3) is 0.200. The lowest BCUT2D eigenvalue weighted by Gasteiger charge is -2.24. The molecule has 1 saturated heterocycles. The van der Waals surface area contributed by atoms with Gasteiger partial charge in [0.1, 0.15) is 11.5 Å². The summed E-state index contributed by atoms with van der Waals surface area (Å²) < 4.78 is 5.90. The zero-order valence-corrected chi connectivity index (χ0v) is 17.1. The number of piperidine rings is 1. The van der Waals surface area contributed by atoms with E-state index in [-0.39, 0.29) is 0 Å². The molecule has 0 saturated carbocycles. The second kappa shape index (κ2) is 8.24. The SMILES string of the molecule is NC(=O)c1c(-c2ccc(Oc3ccccc3)cc2)nc(C2CCCNC2)c2cc[nH]c12. The summed E-state index contributed by atoms with van der Waals surface area (Å²) in [6.45, 7) is 1.91. The number of primary amides is 1. The largest absolute Gasteiger partial charge is 0.457 e. The molecule has 0 spiro atoms. The number of hydrogen-bond donors (Lipinski definition) is 3. The molecular formula is C25H24N4O2. The summed E-state index contributed by atoms with van der Waals surface area (Å²) in [5, 5.41) is 4.43. The molecule has 1 amide bonds. The van der Waals surface area contributed by atoms with E-state index in [0.29, 0.717) is 22.9 Å². The van der Waals surface area contributed by atoms with Gasteiger partial charge in [-0.15, -0.1) is 0 Å². The van der Waals surface area contributed by atoms with E-state index in [4.69, 9.17) is 15.5 Å². The maximum atomic E-state index is 12.4. The smallest absolute Gasteiger partial charge is 0.253 e. The number of rotatable bonds is 5. The summed E-state index contributed by atoms with van der Waals surface area (Å²) >= 11 is 0. The average Bonchev–Trinajstić information content (AvgIpc) is 3.29. The molecule has 6 heteroatoms. The Morgan fingerprint density at radius 2 is 1.81 bits per heavy atom. The molecule has 4 N–H and O–H groups in total. The number of nitrogens with one attached hydrogen (secondary N) is 2. The highest BCUT2D eigenvalue weighted by Crippen LogP contribution is 2.35. The van der Waals surface area contributed by atoms with Gasteiger partial charge in [0.05, 0.1) is 22.5 Å². The minimum atomic E-state index is -0.493. The molecule has 6 nitrogen and oxygen atoms in total. The van der Waals surface area contributed by atoms with Gasteiger partial charge >= 0.3 is 0 Å². The number of benzene rings is 2. The van der Waals surface area contributed by atoms with Gasteiger partial charge in [0, 0.05) is 29.6 Å². The maximum absolute atomic E-state index is 12.4. The summed E-state index contributed by atoms with van der Waals surface area (Å²) in [6, 6.07) is 19.2. The molecule has 1 aliphatic heterocycles. The minimum absolute atomic E-state index is 0.299.